The third-order valence-electron chi connectivity index (χ3n) is 4.08. The van der Waals surface area contributed by atoms with Crippen molar-refractivity contribution in [2.24, 2.45) is 0 Å². The predicted octanol–water partition coefficient (Wildman–Crippen LogP) is -0.257. The molecule has 0 aliphatic carbocycles. The van der Waals surface area contributed by atoms with E-state index in [9.17, 15) is 9.59 Å². The monoisotopic (exact) mass is 440 g/mol. The zero-order valence-corrected chi connectivity index (χ0v) is 18.2. The van der Waals surface area contributed by atoms with E-state index in [1.807, 2.05) is 34.7 Å². The number of hydrogen-bond donors (Lipinski definition) is 2. The maximum atomic E-state index is 12.3. The number of halogens is 1. The largest absolute Gasteiger partial charge is 1.00 e. The minimum absolute atomic E-state index is 0. The Bertz CT molecular complexity index is 696. The standard InChI is InChI=1S/C19H28N4O3.BrH/c1-14-22(5)11-6-12-23(14)13-17(24)20-15-7-9-16(10-8-15)21-18(25)26-19(2,3)4;/h7-10H,6,11-13H2,1-5H3,(H-,20,21,24,25);1H. The van der Waals surface area contributed by atoms with Crippen molar-refractivity contribution < 1.29 is 35.9 Å². The van der Waals surface area contributed by atoms with Gasteiger partial charge in [-0.05, 0) is 45.0 Å². The Balaban J connectivity index is 0.00000364. The Morgan fingerprint density at radius 1 is 1.15 bits per heavy atom. The highest BCUT2D eigenvalue weighted by molar-refractivity contribution is 5.94. The first-order chi connectivity index (χ1) is 12.1. The summed E-state index contributed by atoms with van der Waals surface area (Å²) in [7, 11) is 2.04. The SMILES string of the molecule is CC1=[N+](C)CCCN1CC(=O)Nc1ccc(NC(=O)OC(C)(C)C)cc1.[Br-]. The molecule has 1 aliphatic rings. The average molecular weight is 441 g/mol. The van der Waals surface area contributed by atoms with Gasteiger partial charge in [0.05, 0.1) is 20.1 Å². The van der Waals surface area contributed by atoms with Gasteiger partial charge in [-0.1, -0.05) is 0 Å². The fourth-order valence-electron chi connectivity index (χ4n) is 2.69. The molecule has 0 spiro atoms. The van der Waals surface area contributed by atoms with Crippen molar-refractivity contribution in [1.82, 2.24) is 4.90 Å². The molecule has 7 nitrogen and oxygen atoms in total. The molecule has 0 bridgehead atoms. The zero-order chi connectivity index (χ0) is 19.3. The van der Waals surface area contributed by atoms with E-state index in [1.165, 1.54) is 0 Å². The second-order valence-electron chi connectivity index (χ2n) is 7.50. The number of hydrogen-bond acceptors (Lipinski definition) is 4. The van der Waals surface area contributed by atoms with Crippen LogP contribution in [0.5, 0.6) is 0 Å². The van der Waals surface area contributed by atoms with Crippen molar-refractivity contribution in [2.45, 2.75) is 39.7 Å². The summed E-state index contributed by atoms with van der Waals surface area (Å²) in [6, 6.07) is 6.96. The first-order valence-electron chi connectivity index (χ1n) is 8.83. The Hall–Kier alpha value is -2.09. The number of nitrogens with zero attached hydrogens (tertiary/aromatic N) is 2. The molecule has 0 aromatic heterocycles. The quantitative estimate of drug-likeness (QED) is 0.632. The minimum atomic E-state index is -0.546. The fourth-order valence-corrected chi connectivity index (χ4v) is 2.69. The van der Waals surface area contributed by atoms with Crippen molar-refractivity contribution in [3.05, 3.63) is 24.3 Å². The summed E-state index contributed by atoms with van der Waals surface area (Å²) in [5, 5.41) is 5.55. The Morgan fingerprint density at radius 2 is 1.70 bits per heavy atom. The normalized spacial score (nSPS) is 14.3. The van der Waals surface area contributed by atoms with Crippen LogP contribution in [0.25, 0.3) is 0 Å². The lowest BCUT2D eigenvalue weighted by Crippen LogP contribution is -3.00. The van der Waals surface area contributed by atoms with Crippen LogP contribution in [0.3, 0.4) is 0 Å². The first kappa shape index (κ1) is 23.0. The van der Waals surface area contributed by atoms with Crippen LogP contribution >= 0.6 is 0 Å². The van der Waals surface area contributed by atoms with E-state index in [0.717, 1.165) is 25.3 Å². The summed E-state index contributed by atoms with van der Waals surface area (Å²) in [5.74, 6) is 1.05. The van der Waals surface area contributed by atoms with Gasteiger partial charge < -0.3 is 27.0 Å². The minimum Gasteiger partial charge on any atom is -1.00 e. The van der Waals surface area contributed by atoms with Gasteiger partial charge in [-0.25, -0.2) is 4.79 Å². The Kier molecular flexibility index (Phi) is 8.27. The molecule has 1 aromatic carbocycles. The summed E-state index contributed by atoms with van der Waals surface area (Å²) in [6.07, 6.45) is 0.543. The number of amidine groups is 1. The third kappa shape index (κ3) is 7.58. The van der Waals surface area contributed by atoms with Crippen LogP contribution < -0.4 is 27.6 Å². The smallest absolute Gasteiger partial charge is 0.412 e. The number of benzene rings is 1. The van der Waals surface area contributed by atoms with E-state index in [0.29, 0.717) is 17.9 Å². The molecule has 0 saturated heterocycles. The number of amides is 2. The molecule has 0 fully saturated rings. The summed E-state index contributed by atoms with van der Waals surface area (Å²) < 4.78 is 7.37. The molecule has 2 rings (SSSR count). The van der Waals surface area contributed by atoms with E-state index >= 15 is 0 Å². The molecule has 0 radical (unpaired) electrons. The van der Waals surface area contributed by atoms with Gasteiger partial charge in [-0.2, -0.15) is 0 Å². The zero-order valence-electron chi connectivity index (χ0n) is 16.6. The van der Waals surface area contributed by atoms with Crippen molar-refractivity contribution in [3.63, 3.8) is 0 Å². The molecule has 8 heteroatoms. The third-order valence-corrected chi connectivity index (χ3v) is 4.08. The average Bonchev–Trinajstić information content (AvgIpc) is 2.52. The molecule has 0 unspecified atom stereocenters. The molecule has 1 aliphatic heterocycles. The molecule has 27 heavy (non-hydrogen) atoms. The highest BCUT2D eigenvalue weighted by Gasteiger charge is 2.24. The number of rotatable bonds is 4. The van der Waals surface area contributed by atoms with E-state index in [2.05, 4.69) is 20.1 Å². The molecule has 2 amide bonds. The summed E-state index contributed by atoms with van der Waals surface area (Å²) in [4.78, 5) is 26.1. The van der Waals surface area contributed by atoms with Gasteiger partial charge in [-0.15, -0.1) is 0 Å². The second-order valence-corrected chi connectivity index (χ2v) is 7.50. The van der Waals surface area contributed by atoms with Crippen LogP contribution in [-0.4, -0.2) is 59.6 Å². The van der Waals surface area contributed by atoms with Crippen molar-refractivity contribution in [3.8, 4) is 0 Å². The molecule has 0 atom stereocenters. The van der Waals surface area contributed by atoms with Crippen LogP contribution in [0.4, 0.5) is 16.2 Å². The molecule has 0 saturated carbocycles. The highest BCUT2D eigenvalue weighted by Crippen LogP contribution is 2.15. The van der Waals surface area contributed by atoms with E-state index < -0.39 is 11.7 Å². The number of ether oxygens (including phenoxy) is 1. The van der Waals surface area contributed by atoms with Crippen molar-refractivity contribution >= 4 is 29.2 Å². The molecule has 1 heterocycles. The van der Waals surface area contributed by atoms with Gasteiger partial charge in [0.15, 0.2) is 6.54 Å². The molecular weight excluding hydrogens is 412 g/mol. The number of anilines is 2. The van der Waals surface area contributed by atoms with Crippen LogP contribution in [0.2, 0.25) is 0 Å². The van der Waals surface area contributed by atoms with Gasteiger partial charge in [0, 0.05) is 24.7 Å². The fraction of sp³-hybridized carbons (Fsp3) is 0.526. The Labute approximate surface area is 171 Å². The van der Waals surface area contributed by atoms with Crippen molar-refractivity contribution in [1.29, 1.82) is 0 Å². The molecule has 150 valence electrons. The van der Waals surface area contributed by atoms with E-state index in [1.54, 1.807) is 24.3 Å². The van der Waals surface area contributed by atoms with Gasteiger partial charge in [0.25, 0.3) is 5.91 Å². The van der Waals surface area contributed by atoms with Gasteiger partial charge in [0.2, 0.25) is 5.84 Å². The summed E-state index contributed by atoms with van der Waals surface area (Å²) >= 11 is 0. The lowest BCUT2D eigenvalue weighted by Gasteiger charge is -2.23. The number of nitrogens with one attached hydrogen (secondary N) is 2. The van der Waals surface area contributed by atoms with E-state index in [-0.39, 0.29) is 22.9 Å². The van der Waals surface area contributed by atoms with Crippen LogP contribution in [-0.2, 0) is 9.53 Å². The second kappa shape index (κ2) is 9.73. The lowest BCUT2D eigenvalue weighted by molar-refractivity contribution is -0.509. The summed E-state index contributed by atoms with van der Waals surface area (Å²) in [5.41, 5.74) is 0.752. The molecule has 2 N–H and O–H groups in total. The first-order valence-corrected chi connectivity index (χ1v) is 8.83. The highest BCUT2D eigenvalue weighted by atomic mass is 79.9. The molecule has 1 aromatic rings. The maximum Gasteiger partial charge on any atom is 0.412 e. The summed E-state index contributed by atoms with van der Waals surface area (Å²) in [6.45, 7) is 9.70. The van der Waals surface area contributed by atoms with Crippen LogP contribution in [0.15, 0.2) is 24.3 Å². The Morgan fingerprint density at radius 3 is 2.26 bits per heavy atom. The van der Waals surface area contributed by atoms with Crippen molar-refractivity contribution in [2.75, 3.05) is 37.3 Å². The number of carbonyl (C=O) groups is 2. The van der Waals surface area contributed by atoms with Crippen LogP contribution in [0.1, 0.15) is 34.1 Å². The topological polar surface area (TPSA) is 73.7 Å². The van der Waals surface area contributed by atoms with Gasteiger partial charge in [0.1, 0.15) is 5.60 Å². The van der Waals surface area contributed by atoms with Gasteiger partial charge >= 0.3 is 6.09 Å². The van der Waals surface area contributed by atoms with Crippen LogP contribution in [0, 0.1) is 0 Å². The lowest BCUT2D eigenvalue weighted by atomic mass is 10.2. The van der Waals surface area contributed by atoms with E-state index in [4.69, 9.17) is 4.74 Å². The number of carbonyl (C=O) groups excluding carboxylic acids is 2. The molecular formula is C19H29BrN4O3. The maximum absolute atomic E-state index is 12.3. The predicted molar refractivity (Wildman–Crippen MR) is 103 cm³/mol. The van der Waals surface area contributed by atoms with Gasteiger partial charge in [-0.3, -0.25) is 19.6 Å².